The van der Waals surface area contributed by atoms with Gasteiger partial charge in [0.05, 0.1) is 5.56 Å². The van der Waals surface area contributed by atoms with Crippen molar-refractivity contribution in [3.8, 4) is 45.3 Å². The lowest BCUT2D eigenvalue weighted by Gasteiger charge is -2.11. The van der Waals surface area contributed by atoms with Gasteiger partial charge < -0.3 is 13.3 Å². The number of hydrogen-bond donors (Lipinski definition) is 0. The van der Waals surface area contributed by atoms with E-state index in [0.29, 0.717) is 23.1 Å². The van der Waals surface area contributed by atoms with Crippen molar-refractivity contribution in [3.05, 3.63) is 146 Å². The molecule has 0 aliphatic carbocycles. The maximum atomic E-state index is 6.70. The molecule has 0 unspecified atom stereocenters. The lowest BCUT2D eigenvalue weighted by atomic mass is 9.95. The second-order valence-corrected chi connectivity index (χ2v) is 12.6. The Balaban J connectivity index is 1.17. The van der Waals surface area contributed by atoms with Crippen LogP contribution in [0.4, 0.5) is 0 Å². The van der Waals surface area contributed by atoms with E-state index in [0.717, 1.165) is 88.0 Å². The van der Waals surface area contributed by atoms with Crippen LogP contribution in [0, 0.1) is 0 Å². The lowest BCUT2D eigenvalue weighted by Crippen LogP contribution is -2.00. The number of aromatic nitrogens is 4. The summed E-state index contributed by atoms with van der Waals surface area (Å²) < 4.78 is 19.4. The van der Waals surface area contributed by atoms with Gasteiger partial charge in [-0.05, 0) is 54.1 Å². The van der Waals surface area contributed by atoms with E-state index in [9.17, 15) is 0 Å². The van der Waals surface area contributed by atoms with Crippen LogP contribution in [0.3, 0.4) is 0 Å². The molecule has 0 radical (unpaired) electrons. The molecule has 6 aromatic carbocycles. The van der Waals surface area contributed by atoms with Crippen LogP contribution >= 0.6 is 0 Å². The summed E-state index contributed by atoms with van der Waals surface area (Å²) in [4.78, 5) is 19.4. The molecule has 0 atom stereocenters. The molecular formula is C44H24N4O3. The van der Waals surface area contributed by atoms with Crippen LogP contribution in [0.15, 0.2) is 159 Å². The van der Waals surface area contributed by atoms with Crippen LogP contribution in [0.5, 0.6) is 0 Å². The molecule has 0 bridgehead atoms. The number of para-hydroxylation sites is 4. The first kappa shape index (κ1) is 27.8. The molecule has 0 saturated heterocycles. The molecular weight excluding hydrogens is 633 g/mol. The van der Waals surface area contributed by atoms with Gasteiger partial charge in [-0.2, -0.15) is 0 Å². The Morgan fingerprint density at radius 1 is 0.373 bits per heavy atom. The highest BCUT2D eigenvalue weighted by Crippen LogP contribution is 2.44. The summed E-state index contributed by atoms with van der Waals surface area (Å²) in [6, 6.07) is 44.7. The molecule has 0 saturated carbocycles. The molecule has 0 amide bonds. The first-order valence-electron chi connectivity index (χ1n) is 16.7. The molecule has 0 N–H and O–H groups in total. The minimum atomic E-state index is 0.487. The molecule has 238 valence electrons. The topological polar surface area (TPSA) is 91.0 Å². The number of rotatable bonds is 4. The number of hydrogen-bond acceptors (Lipinski definition) is 7. The maximum Gasteiger partial charge on any atom is 0.167 e. The standard InChI is InChI=1S/C44H24N4O3/c1-4-15-35-27(10-1)29-19-18-25(23-38(29)49-35)42-46-43(26-9-8-22-45-24-26)48-44(47-42)34-21-20-30(39-33-12-3-6-17-37(33)51-41(34)39)32-14-7-13-31-28-11-2-5-16-36(28)50-40(31)32/h1-24H. The summed E-state index contributed by atoms with van der Waals surface area (Å²) in [5.41, 5.74) is 9.07. The monoisotopic (exact) mass is 656 g/mol. The van der Waals surface area contributed by atoms with Gasteiger partial charge in [0.2, 0.25) is 0 Å². The van der Waals surface area contributed by atoms with Gasteiger partial charge in [-0.25, -0.2) is 15.0 Å². The van der Waals surface area contributed by atoms with E-state index in [-0.39, 0.29) is 0 Å². The van der Waals surface area contributed by atoms with Gasteiger partial charge in [-0.1, -0.05) is 84.9 Å². The van der Waals surface area contributed by atoms with E-state index in [2.05, 4.69) is 53.5 Å². The molecule has 5 aromatic heterocycles. The first-order chi connectivity index (χ1) is 25.3. The van der Waals surface area contributed by atoms with Crippen LogP contribution in [-0.2, 0) is 0 Å². The Morgan fingerprint density at radius 2 is 1.00 bits per heavy atom. The maximum absolute atomic E-state index is 6.70. The Labute approximate surface area is 289 Å². The first-order valence-corrected chi connectivity index (χ1v) is 16.7. The van der Waals surface area contributed by atoms with Gasteiger partial charge in [0.15, 0.2) is 17.5 Å². The fourth-order valence-electron chi connectivity index (χ4n) is 7.30. The summed E-state index contributed by atoms with van der Waals surface area (Å²) in [6.45, 7) is 0. The average Bonchev–Trinajstić information content (AvgIpc) is 3.89. The molecule has 7 nitrogen and oxygen atoms in total. The van der Waals surface area contributed by atoms with Crippen LogP contribution in [0.25, 0.3) is 111 Å². The van der Waals surface area contributed by atoms with Gasteiger partial charge in [0.25, 0.3) is 0 Å². The largest absolute Gasteiger partial charge is 0.456 e. The van der Waals surface area contributed by atoms with Gasteiger partial charge in [0, 0.05) is 61.4 Å². The summed E-state index contributed by atoms with van der Waals surface area (Å²) >= 11 is 0. The van der Waals surface area contributed by atoms with E-state index < -0.39 is 0 Å². The molecule has 0 fully saturated rings. The minimum Gasteiger partial charge on any atom is -0.456 e. The number of fused-ring (bicyclic) bond motifs is 9. The summed E-state index contributed by atoms with van der Waals surface area (Å²) in [7, 11) is 0. The van der Waals surface area contributed by atoms with Gasteiger partial charge in [0.1, 0.15) is 33.5 Å². The summed E-state index contributed by atoms with van der Waals surface area (Å²) in [5.74, 6) is 1.51. The number of benzene rings is 6. The molecule has 5 heterocycles. The fourth-order valence-corrected chi connectivity index (χ4v) is 7.30. The van der Waals surface area contributed by atoms with Crippen molar-refractivity contribution < 1.29 is 13.3 Å². The Kier molecular flexibility index (Phi) is 5.83. The Hall–Kier alpha value is -7.12. The third-order valence-electron chi connectivity index (χ3n) is 9.65. The lowest BCUT2D eigenvalue weighted by molar-refractivity contribution is 0.668. The van der Waals surface area contributed by atoms with E-state index >= 15 is 0 Å². The quantitative estimate of drug-likeness (QED) is 0.186. The van der Waals surface area contributed by atoms with E-state index in [1.165, 1.54) is 0 Å². The second kappa shape index (κ2) is 10.7. The highest BCUT2D eigenvalue weighted by molar-refractivity contribution is 6.19. The van der Waals surface area contributed by atoms with Crippen LogP contribution < -0.4 is 0 Å². The van der Waals surface area contributed by atoms with Crippen LogP contribution in [0.1, 0.15) is 0 Å². The summed E-state index contributed by atoms with van der Waals surface area (Å²) in [5, 5.41) is 6.21. The molecule has 0 aliphatic rings. The van der Waals surface area contributed by atoms with Crippen molar-refractivity contribution in [1.82, 2.24) is 19.9 Å². The summed E-state index contributed by atoms with van der Waals surface area (Å²) in [6.07, 6.45) is 3.50. The zero-order valence-corrected chi connectivity index (χ0v) is 26.9. The molecule has 0 aliphatic heterocycles. The zero-order chi connectivity index (χ0) is 33.5. The van der Waals surface area contributed by atoms with Crippen molar-refractivity contribution in [2.75, 3.05) is 0 Å². The third-order valence-corrected chi connectivity index (χ3v) is 9.65. The van der Waals surface area contributed by atoms with Gasteiger partial charge in [-0.3, -0.25) is 4.98 Å². The normalized spacial score (nSPS) is 11.9. The predicted molar refractivity (Wildman–Crippen MR) is 201 cm³/mol. The number of pyridine rings is 1. The van der Waals surface area contributed by atoms with Crippen LogP contribution in [0.2, 0.25) is 0 Å². The van der Waals surface area contributed by atoms with Crippen molar-refractivity contribution in [2.24, 2.45) is 0 Å². The van der Waals surface area contributed by atoms with E-state index in [1.54, 1.807) is 12.4 Å². The van der Waals surface area contributed by atoms with Gasteiger partial charge in [-0.15, -0.1) is 0 Å². The molecule has 51 heavy (non-hydrogen) atoms. The fraction of sp³-hybridized carbons (Fsp3) is 0. The van der Waals surface area contributed by atoms with Crippen molar-refractivity contribution in [3.63, 3.8) is 0 Å². The highest BCUT2D eigenvalue weighted by Gasteiger charge is 2.23. The third kappa shape index (κ3) is 4.25. The predicted octanol–water partition coefficient (Wildman–Crippen LogP) is 11.6. The second-order valence-electron chi connectivity index (χ2n) is 12.6. The number of nitrogens with zero attached hydrogens (tertiary/aromatic N) is 4. The van der Waals surface area contributed by atoms with Crippen molar-refractivity contribution >= 4 is 65.8 Å². The zero-order valence-electron chi connectivity index (χ0n) is 26.9. The Bertz CT molecular complexity index is 3160. The van der Waals surface area contributed by atoms with E-state index in [4.69, 9.17) is 28.2 Å². The SMILES string of the molecule is c1cncc(-c2nc(-c3ccc4c(c3)oc3ccccc34)nc(-c3ccc(-c4cccc5c4oc4ccccc45)c4c3oc3ccccc34)n2)c1. The molecule has 0 spiro atoms. The van der Waals surface area contributed by atoms with E-state index in [1.807, 2.05) is 84.9 Å². The minimum absolute atomic E-state index is 0.487. The Morgan fingerprint density at radius 3 is 1.80 bits per heavy atom. The van der Waals surface area contributed by atoms with Crippen LogP contribution in [-0.4, -0.2) is 19.9 Å². The highest BCUT2D eigenvalue weighted by atomic mass is 16.3. The number of furan rings is 3. The molecule has 7 heteroatoms. The van der Waals surface area contributed by atoms with Crippen molar-refractivity contribution in [1.29, 1.82) is 0 Å². The smallest absolute Gasteiger partial charge is 0.167 e. The average molecular weight is 657 g/mol. The van der Waals surface area contributed by atoms with Gasteiger partial charge >= 0.3 is 0 Å². The molecule has 11 rings (SSSR count). The van der Waals surface area contributed by atoms with Crippen molar-refractivity contribution in [2.45, 2.75) is 0 Å². The molecule has 11 aromatic rings.